The van der Waals surface area contributed by atoms with Crippen LogP contribution in [0.25, 0.3) is 0 Å². The summed E-state index contributed by atoms with van der Waals surface area (Å²) in [4.78, 5) is 0. The fourth-order valence-corrected chi connectivity index (χ4v) is 0.807. The third-order valence-electron chi connectivity index (χ3n) is 1.40. The number of ether oxygens (including phenoxy) is 1. The van der Waals surface area contributed by atoms with E-state index in [-0.39, 0.29) is 0 Å². The van der Waals surface area contributed by atoms with Gasteiger partial charge in [0.05, 0.1) is 12.7 Å². The summed E-state index contributed by atoms with van der Waals surface area (Å²) in [5, 5.41) is 3.26. The molecular formula is C10H19NO. The number of terminal acetylenes is 1. The van der Waals surface area contributed by atoms with Gasteiger partial charge in [0.1, 0.15) is 0 Å². The lowest BCUT2D eigenvalue weighted by Crippen LogP contribution is -2.22. The zero-order chi connectivity index (χ0) is 9.23. The molecule has 0 atom stereocenters. The Balaban J connectivity index is 2.87. The number of hydrogen-bond donors (Lipinski definition) is 1. The van der Waals surface area contributed by atoms with Crippen molar-refractivity contribution >= 4 is 0 Å². The molecule has 0 rings (SSSR count). The minimum absolute atomic E-state index is 0.331. The van der Waals surface area contributed by atoms with Crippen molar-refractivity contribution in [2.24, 2.45) is 0 Å². The Morgan fingerprint density at radius 3 is 2.75 bits per heavy atom. The molecule has 0 saturated heterocycles. The third kappa shape index (κ3) is 9.48. The van der Waals surface area contributed by atoms with E-state index in [0.717, 1.165) is 32.5 Å². The summed E-state index contributed by atoms with van der Waals surface area (Å²) < 4.78 is 5.35. The van der Waals surface area contributed by atoms with Crippen molar-refractivity contribution in [1.82, 2.24) is 5.32 Å². The normalized spacial score (nSPS) is 10.2. The Hall–Kier alpha value is -0.520. The van der Waals surface area contributed by atoms with E-state index in [4.69, 9.17) is 11.2 Å². The zero-order valence-electron chi connectivity index (χ0n) is 8.10. The molecule has 0 aliphatic heterocycles. The van der Waals surface area contributed by atoms with Crippen molar-refractivity contribution < 1.29 is 4.74 Å². The molecule has 0 amide bonds. The second-order valence-corrected chi connectivity index (χ2v) is 2.98. The van der Waals surface area contributed by atoms with Gasteiger partial charge in [-0.15, -0.1) is 12.3 Å². The van der Waals surface area contributed by atoms with Crippen LogP contribution in [0.2, 0.25) is 0 Å². The SMILES string of the molecule is C#CCCCNCCOC(C)C. The highest BCUT2D eigenvalue weighted by Crippen LogP contribution is 1.86. The van der Waals surface area contributed by atoms with Crippen LogP contribution in [0.1, 0.15) is 26.7 Å². The Kier molecular flexibility index (Phi) is 8.20. The molecule has 1 N–H and O–H groups in total. The molecule has 70 valence electrons. The van der Waals surface area contributed by atoms with Crippen LogP contribution in [-0.4, -0.2) is 25.8 Å². The molecule has 0 saturated carbocycles. The standard InChI is InChI=1S/C10H19NO/c1-4-5-6-7-11-8-9-12-10(2)3/h1,10-11H,5-9H2,2-3H3. The van der Waals surface area contributed by atoms with Crippen LogP contribution in [0.4, 0.5) is 0 Å². The van der Waals surface area contributed by atoms with Crippen molar-refractivity contribution in [3.63, 3.8) is 0 Å². The summed E-state index contributed by atoms with van der Waals surface area (Å²) in [6.07, 6.45) is 7.35. The fourth-order valence-electron chi connectivity index (χ4n) is 0.807. The summed E-state index contributed by atoms with van der Waals surface area (Å²) >= 11 is 0. The van der Waals surface area contributed by atoms with E-state index in [2.05, 4.69) is 11.2 Å². The second kappa shape index (κ2) is 8.58. The van der Waals surface area contributed by atoms with Gasteiger partial charge in [0.25, 0.3) is 0 Å². The van der Waals surface area contributed by atoms with Crippen molar-refractivity contribution in [2.45, 2.75) is 32.8 Å². The van der Waals surface area contributed by atoms with Gasteiger partial charge in [-0.05, 0) is 26.8 Å². The van der Waals surface area contributed by atoms with Crippen LogP contribution >= 0.6 is 0 Å². The van der Waals surface area contributed by atoms with E-state index in [1.807, 2.05) is 13.8 Å². The Labute approximate surface area is 75.7 Å². The van der Waals surface area contributed by atoms with Crippen LogP contribution in [0, 0.1) is 12.3 Å². The number of rotatable bonds is 7. The maximum Gasteiger partial charge on any atom is 0.0594 e. The lowest BCUT2D eigenvalue weighted by molar-refractivity contribution is 0.0809. The number of unbranched alkanes of at least 4 members (excludes halogenated alkanes) is 1. The van der Waals surface area contributed by atoms with E-state index in [1.165, 1.54) is 0 Å². The van der Waals surface area contributed by atoms with E-state index >= 15 is 0 Å². The van der Waals surface area contributed by atoms with Crippen LogP contribution in [0.3, 0.4) is 0 Å². The lowest BCUT2D eigenvalue weighted by atomic mass is 10.3. The summed E-state index contributed by atoms with van der Waals surface area (Å²) in [6, 6.07) is 0. The van der Waals surface area contributed by atoms with Crippen molar-refractivity contribution in [1.29, 1.82) is 0 Å². The summed E-state index contributed by atoms with van der Waals surface area (Å²) in [5.41, 5.74) is 0. The predicted octanol–water partition coefficient (Wildman–Crippen LogP) is 1.41. The smallest absolute Gasteiger partial charge is 0.0594 e. The van der Waals surface area contributed by atoms with Gasteiger partial charge in [-0.2, -0.15) is 0 Å². The molecule has 2 heteroatoms. The Morgan fingerprint density at radius 2 is 2.17 bits per heavy atom. The largest absolute Gasteiger partial charge is 0.377 e. The Bertz CT molecular complexity index is 126. The molecule has 0 bridgehead atoms. The molecule has 0 heterocycles. The second-order valence-electron chi connectivity index (χ2n) is 2.98. The molecule has 0 aliphatic rings. The molecule has 12 heavy (non-hydrogen) atoms. The first-order valence-corrected chi connectivity index (χ1v) is 4.53. The average molecular weight is 169 g/mol. The predicted molar refractivity (Wildman–Crippen MR) is 52.0 cm³/mol. The molecule has 0 radical (unpaired) electrons. The minimum Gasteiger partial charge on any atom is -0.377 e. The highest BCUT2D eigenvalue weighted by molar-refractivity contribution is 4.83. The lowest BCUT2D eigenvalue weighted by Gasteiger charge is -2.07. The monoisotopic (exact) mass is 169 g/mol. The van der Waals surface area contributed by atoms with E-state index in [9.17, 15) is 0 Å². The fraction of sp³-hybridized carbons (Fsp3) is 0.800. The van der Waals surface area contributed by atoms with Crippen molar-refractivity contribution in [3.8, 4) is 12.3 Å². The van der Waals surface area contributed by atoms with E-state index in [1.54, 1.807) is 0 Å². The highest BCUT2D eigenvalue weighted by Gasteiger charge is 1.91. The van der Waals surface area contributed by atoms with Gasteiger partial charge in [-0.3, -0.25) is 0 Å². The minimum atomic E-state index is 0.331. The number of hydrogen-bond acceptors (Lipinski definition) is 2. The molecule has 0 aliphatic carbocycles. The molecule has 0 unspecified atom stereocenters. The van der Waals surface area contributed by atoms with Gasteiger partial charge in [0.15, 0.2) is 0 Å². The van der Waals surface area contributed by atoms with Gasteiger partial charge in [-0.25, -0.2) is 0 Å². The van der Waals surface area contributed by atoms with Crippen LogP contribution < -0.4 is 5.32 Å². The maximum absolute atomic E-state index is 5.35. The summed E-state index contributed by atoms with van der Waals surface area (Å²) in [7, 11) is 0. The van der Waals surface area contributed by atoms with Crippen LogP contribution in [0.15, 0.2) is 0 Å². The van der Waals surface area contributed by atoms with E-state index in [0.29, 0.717) is 6.10 Å². The molecule has 0 aromatic heterocycles. The molecule has 0 aromatic carbocycles. The van der Waals surface area contributed by atoms with Gasteiger partial charge >= 0.3 is 0 Å². The average Bonchev–Trinajstić information content (AvgIpc) is 2.02. The quantitative estimate of drug-likeness (QED) is 0.459. The topological polar surface area (TPSA) is 21.3 Å². The van der Waals surface area contributed by atoms with Gasteiger partial charge in [0, 0.05) is 13.0 Å². The van der Waals surface area contributed by atoms with Gasteiger partial charge in [0.2, 0.25) is 0 Å². The van der Waals surface area contributed by atoms with Gasteiger partial charge < -0.3 is 10.1 Å². The molecule has 0 aromatic rings. The Morgan fingerprint density at radius 1 is 1.42 bits per heavy atom. The van der Waals surface area contributed by atoms with E-state index < -0.39 is 0 Å². The molecule has 2 nitrogen and oxygen atoms in total. The van der Waals surface area contributed by atoms with Crippen molar-refractivity contribution in [3.05, 3.63) is 0 Å². The molecule has 0 spiro atoms. The van der Waals surface area contributed by atoms with Crippen molar-refractivity contribution in [2.75, 3.05) is 19.7 Å². The third-order valence-corrected chi connectivity index (χ3v) is 1.40. The van der Waals surface area contributed by atoms with Gasteiger partial charge in [-0.1, -0.05) is 0 Å². The first-order chi connectivity index (χ1) is 5.77. The maximum atomic E-state index is 5.35. The zero-order valence-corrected chi connectivity index (χ0v) is 8.10. The molecular weight excluding hydrogens is 150 g/mol. The molecule has 0 fully saturated rings. The summed E-state index contributed by atoms with van der Waals surface area (Å²) in [5.74, 6) is 2.61. The summed E-state index contributed by atoms with van der Waals surface area (Å²) in [6.45, 7) is 6.78. The first-order valence-electron chi connectivity index (χ1n) is 4.53. The first kappa shape index (κ1) is 11.5. The highest BCUT2D eigenvalue weighted by atomic mass is 16.5. The van der Waals surface area contributed by atoms with Crippen LogP contribution in [0.5, 0.6) is 0 Å². The number of nitrogens with one attached hydrogen (secondary N) is 1. The van der Waals surface area contributed by atoms with Crippen LogP contribution in [-0.2, 0) is 4.74 Å².